The molecule has 6 nitrogen and oxygen atoms in total. The second kappa shape index (κ2) is 12.0. The average Bonchev–Trinajstić information content (AvgIpc) is 2.73. The van der Waals surface area contributed by atoms with Crippen LogP contribution in [0.2, 0.25) is 0 Å². The van der Waals surface area contributed by atoms with Gasteiger partial charge in [-0.2, -0.15) is 0 Å². The predicted molar refractivity (Wildman–Crippen MR) is 121 cm³/mol. The zero-order chi connectivity index (χ0) is 21.1. The number of likely N-dealkylation sites (N-methyl/N-ethyl adjacent to an activating group) is 1. The Morgan fingerprint density at radius 3 is 2.62 bits per heavy atom. The molecule has 0 heterocycles. The highest BCUT2D eigenvalue weighted by Gasteiger charge is 2.05. The lowest BCUT2D eigenvalue weighted by molar-refractivity contribution is -0.122. The molecule has 0 atom stereocenters. The summed E-state index contributed by atoms with van der Waals surface area (Å²) in [7, 11) is 1.76. The van der Waals surface area contributed by atoms with Crippen LogP contribution in [0.15, 0.2) is 52.4 Å². The molecule has 2 rings (SSSR count). The van der Waals surface area contributed by atoms with Crippen molar-refractivity contribution in [2.24, 2.45) is 4.99 Å². The maximum atomic E-state index is 11.5. The Balaban J connectivity index is 1.88. The molecule has 0 aliphatic carbocycles. The second-order valence-electron chi connectivity index (χ2n) is 6.48. The fourth-order valence-electron chi connectivity index (χ4n) is 2.73. The van der Waals surface area contributed by atoms with E-state index in [1.807, 2.05) is 31.2 Å². The minimum absolute atomic E-state index is 0.0161. The Labute approximate surface area is 177 Å². The number of thioether (sulfide) groups is 1. The molecule has 0 saturated carbocycles. The van der Waals surface area contributed by atoms with Gasteiger partial charge in [0.2, 0.25) is 0 Å². The molecule has 156 valence electrons. The maximum Gasteiger partial charge on any atom is 0.257 e. The highest BCUT2D eigenvalue weighted by atomic mass is 32.2. The molecule has 3 N–H and O–H groups in total. The van der Waals surface area contributed by atoms with Crippen LogP contribution in [0.3, 0.4) is 0 Å². The number of nitrogens with one attached hydrogen (secondary N) is 3. The van der Waals surface area contributed by atoms with E-state index in [0.29, 0.717) is 25.4 Å². The third-order valence-corrected chi connectivity index (χ3v) is 5.03. The van der Waals surface area contributed by atoms with Gasteiger partial charge >= 0.3 is 0 Å². The highest BCUT2D eigenvalue weighted by molar-refractivity contribution is 7.98. The summed E-state index contributed by atoms with van der Waals surface area (Å²) in [5, 5.41) is 9.39. The molecule has 0 saturated heterocycles. The largest absolute Gasteiger partial charge is 0.484 e. The molecule has 0 aliphatic rings. The zero-order valence-corrected chi connectivity index (χ0v) is 18.4. The Morgan fingerprint density at radius 2 is 1.90 bits per heavy atom. The number of aryl methyl sites for hydroxylation is 1. The first-order valence-electron chi connectivity index (χ1n) is 9.62. The number of benzene rings is 2. The summed E-state index contributed by atoms with van der Waals surface area (Å²) < 4.78 is 5.55. The Morgan fingerprint density at radius 1 is 1.10 bits per heavy atom. The summed E-state index contributed by atoms with van der Waals surface area (Å²) in [6, 6.07) is 14.2. The van der Waals surface area contributed by atoms with Gasteiger partial charge in [-0.05, 0) is 55.0 Å². The van der Waals surface area contributed by atoms with Gasteiger partial charge in [0.25, 0.3) is 5.91 Å². The highest BCUT2D eigenvalue weighted by Crippen LogP contribution is 2.21. The van der Waals surface area contributed by atoms with E-state index in [1.54, 1.807) is 18.8 Å². The molecule has 7 heteroatoms. The molecule has 0 bridgehead atoms. The van der Waals surface area contributed by atoms with Crippen molar-refractivity contribution >= 4 is 23.6 Å². The fourth-order valence-corrected chi connectivity index (χ4v) is 3.43. The van der Waals surface area contributed by atoms with Gasteiger partial charge in [-0.1, -0.05) is 24.3 Å². The van der Waals surface area contributed by atoms with Crippen LogP contribution in [0.4, 0.5) is 0 Å². The Kier molecular flexibility index (Phi) is 9.37. The second-order valence-corrected chi connectivity index (χ2v) is 7.33. The van der Waals surface area contributed by atoms with Crippen LogP contribution in [-0.2, 0) is 17.9 Å². The van der Waals surface area contributed by atoms with Crippen LogP contribution >= 0.6 is 11.8 Å². The van der Waals surface area contributed by atoms with Gasteiger partial charge in [0, 0.05) is 31.6 Å². The van der Waals surface area contributed by atoms with Crippen molar-refractivity contribution in [2.45, 2.75) is 31.8 Å². The number of ether oxygens (including phenoxy) is 1. The molecular weight excluding hydrogens is 384 g/mol. The smallest absolute Gasteiger partial charge is 0.257 e. The van der Waals surface area contributed by atoms with Crippen molar-refractivity contribution in [1.29, 1.82) is 0 Å². The number of rotatable bonds is 9. The van der Waals surface area contributed by atoms with E-state index >= 15 is 0 Å². The van der Waals surface area contributed by atoms with Crippen molar-refractivity contribution in [2.75, 3.05) is 26.5 Å². The predicted octanol–water partition coefficient (Wildman–Crippen LogP) is 3.10. The van der Waals surface area contributed by atoms with Crippen molar-refractivity contribution in [3.05, 3.63) is 59.2 Å². The van der Waals surface area contributed by atoms with Gasteiger partial charge in [-0.3, -0.25) is 9.79 Å². The average molecular weight is 415 g/mol. The molecule has 2 aromatic carbocycles. The summed E-state index contributed by atoms with van der Waals surface area (Å²) in [6.45, 7) is 5.89. The maximum absolute atomic E-state index is 11.5. The van der Waals surface area contributed by atoms with E-state index in [-0.39, 0.29) is 12.5 Å². The first-order chi connectivity index (χ1) is 14.0. The monoisotopic (exact) mass is 414 g/mol. The van der Waals surface area contributed by atoms with Crippen molar-refractivity contribution in [1.82, 2.24) is 16.0 Å². The van der Waals surface area contributed by atoms with Crippen LogP contribution < -0.4 is 20.7 Å². The van der Waals surface area contributed by atoms with Crippen LogP contribution in [0, 0.1) is 6.92 Å². The fraction of sp³-hybridized carbons (Fsp3) is 0.364. The summed E-state index contributed by atoms with van der Waals surface area (Å²) in [5.41, 5.74) is 3.54. The van der Waals surface area contributed by atoms with E-state index in [4.69, 9.17) is 4.74 Å². The van der Waals surface area contributed by atoms with Crippen LogP contribution in [0.1, 0.15) is 23.6 Å². The summed E-state index contributed by atoms with van der Waals surface area (Å²) >= 11 is 1.75. The van der Waals surface area contributed by atoms with Crippen molar-refractivity contribution < 1.29 is 9.53 Å². The molecule has 0 unspecified atom stereocenters. The van der Waals surface area contributed by atoms with E-state index in [0.717, 1.165) is 11.5 Å². The number of hydrogen-bond donors (Lipinski definition) is 3. The minimum Gasteiger partial charge on any atom is -0.484 e. The molecule has 0 fully saturated rings. The Hall–Kier alpha value is -2.67. The normalized spacial score (nSPS) is 11.1. The van der Waals surface area contributed by atoms with Crippen molar-refractivity contribution in [3.8, 4) is 5.75 Å². The molecule has 0 spiro atoms. The quantitative estimate of drug-likeness (QED) is 0.334. The van der Waals surface area contributed by atoms with E-state index < -0.39 is 0 Å². The number of hydrogen-bond acceptors (Lipinski definition) is 4. The summed E-state index contributed by atoms with van der Waals surface area (Å²) in [6.07, 6.45) is 2.09. The first kappa shape index (κ1) is 22.6. The zero-order valence-electron chi connectivity index (χ0n) is 17.5. The summed E-state index contributed by atoms with van der Waals surface area (Å²) in [4.78, 5) is 17.1. The topological polar surface area (TPSA) is 74.8 Å². The Bertz CT molecular complexity index is 839. The van der Waals surface area contributed by atoms with Gasteiger partial charge in [-0.25, -0.2) is 0 Å². The van der Waals surface area contributed by atoms with E-state index in [1.165, 1.54) is 16.0 Å². The molecule has 2 aromatic rings. The summed E-state index contributed by atoms with van der Waals surface area (Å²) in [5.74, 6) is 1.27. The first-order valence-corrected chi connectivity index (χ1v) is 10.8. The van der Waals surface area contributed by atoms with Gasteiger partial charge in [0.1, 0.15) is 5.75 Å². The van der Waals surface area contributed by atoms with Crippen molar-refractivity contribution in [3.63, 3.8) is 0 Å². The van der Waals surface area contributed by atoms with E-state index in [9.17, 15) is 4.79 Å². The number of carbonyl (C=O) groups is 1. The van der Waals surface area contributed by atoms with Gasteiger partial charge in [0.05, 0.1) is 0 Å². The molecule has 0 aromatic heterocycles. The number of amides is 1. The lowest BCUT2D eigenvalue weighted by Crippen LogP contribution is -2.36. The number of aliphatic imine (C=N–C) groups is 1. The third-order valence-electron chi connectivity index (χ3n) is 4.21. The molecule has 0 radical (unpaired) electrons. The standard InChI is InChI=1S/C22H30N4O2S/c1-5-24-21(27)15-28-19-8-6-7-17(12-19)13-25-22(23-3)26-14-18-10-9-16(2)11-20(18)29-4/h6-12H,5,13-15H2,1-4H3,(H,24,27)(H2,23,25,26). The van der Waals surface area contributed by atoms with Gasteiger partial charge in [-0.15, -0.1) is 11.8 Å². The van der Waals surface area contributed by atoms with Gasteiger partial charge < -0.3 is 20.7 Å². The number of carbonyl (C=O) groups excluding carboxylic acids is 1. The molecular formula is C22H30N4O2S. The van der Waals surface area contributed by atoms with Gasteiger partial charge in [0.15, 0.2) is 12.6 Å². The SMILES string of the molecule is CCNC(=O)COc1cccc(CNC(=NC)NCc2ccc(C)cc2SC)c1. The number of nitrogens with zero attached hydrogens (tertiary/aromatic N) is 1. The van der Waals surface area contributed by atoms with Crippen LogP contribution in [0.5, 0.6) is 5.75 Å². The third kappa shape index (κ3) is 7.69. The van der Waals surface area contributed by atoms with Crippen LogP contribution in [-0.4, -0.2) is 38.3 Å². The minimum atomic E-state index is -0.124. The lowest BCUT2D eigenvalue weighted by atomic mass is 10.1. The molecule has 29 heavy (non-hydrogen) atoms. The van der Waals surface area contributed by atoms with Crippen LogP contribution in [0.25, 0.3) is 0 Å². The molecule has 1 amide bonds. The lowest BCUT2D eigenvalue weighted by Gasteiger charge is -2.14. The number of guanidine groups is 1. The van der Waals surface area contributed by atoms with E-state index in [2.05, 4.69) is 52.3 Å². The molecule has 0 aliphatic heterocycles.